The van der Waals surface area contributed by atoms with E-state index in [0.29, 0.717) is 51.5 Å². The maximum atomic E-state index is 13.7. The summed E-state index contributed by atoms with van der Waals surface area (Å²) in [6, 6.07) is 3.38. The second kappa shape index (κ2) is 9.02. The second-order valence-corrected chi connectivity index (χ2v) is 10.8. The molecule has 35 heavy (non-hydrogen) atoms. The van der Waals surface area contributed by atoms with Crippen molar-refractivity contribution in [3.63, 3.8) is 0 Å². The molecule has 0 N–H and O–H groups in total. The lowest BCUT2D eigenvalue weighted by molar-refractivity contribution is -0.146. The molecule has 0 aromatic carbocycles. The average molecular weight is 492 g/mol. The lowest BCUT2D eigenvalue weighted by Gasteiger charge is -2.56. The molecule has 0 bridgehead atoms. The zero-order chi connectivity index (χ0) is 25.0. The van der Waals surface area contributed by atoms with Gasteiger partial charge in [0.15, 0.2) is 0 Å². The van der Waals surface area contributed by atoms with Crippen LogP contribution < -0.4 is 0 Å². The summed E-state index contributed by atoms with van der Waals surface area (Å²) in [6.45, 7) is 8.11. The van der Waals surface area contributed by atoms with Crippen LogP contribution in [0.15, 0.2) is 35.1 Å². The predicted molar refractivity (Wildman–Crippen MR) is 128 cm³/mol. The molecular weight excluding hydrogens is 455 g/mol. The Bertz CT molecular complexity index is 1040. The molecule has 1 spiro atoms. The van der Waals surface area contributed by atoms with Crippen molar-refractivity contribution in [3.8, 4) is 0 Å². The molecule has 5 rings (SSSR count). The molecule has 192 valence electrons. The molecule has 1 saturated heterocycles. The summed E-state index contributed by atoms with van der Waals surface area (Å²) < 4.78 is 48.5. The number of piperidine rings is 1. The Morgan fingerprint density at radius 1 is 1.09 bits per heavy atom. The number of hydrogen-bond donors (Lipinski definition) is 0. The first-order valence-corrected chi connectivity index (χ1v) is 13.0. The summed E-state index contributed by atoms with van der Waals surface area (Å²) in [5.41, 5.74) is 1.60. The predicted octanol–water partition coefficient (Wildman–Crippen LogP) is 5.61. The van der Waals surface area contributed by atoms with Crippen LogP contribution in [-0.4, -0.2) is 52.1 Å². The van der Waals surface area contributed by atoms with Gasteiger partial charge in [0, 0.05) is 49.9 Å². The van der Waals surface area contributed by atoms with Crippen LogP contribution in [0.5, 0.6) is 0 Å². The molecule has 5 nitrogen and oxygen atoms in total. The third-order valence-corrected chi connectivity index (χ3v) is 8.36. The Balaban J connectivity index is 1.37. The molecule has 1 aromatic heterocycles. The van der Waals surface area contributed by atoms with Gasteiger partial charge >= 0.3 is 6.18 Å². The van der Waals surface area contributed by atoms with E-state index in [0.717, 1.165) is 41.9 Å². The summed E-state index contributed by atoms with van der Waals surface area (Å²) in [5, 5.41) is 0. The van der Waals surface area contributed by atoms with E-state index in [2.05, 4.69) is 4.90 Å². The monoisotopic (exact) mass is 491 g/mol. The van der Waals surface area contributed by atoms with Crippen molar-refractivity contribution in [2.45, 2.75) is 96.1 Å². The summed E-state index contributed by atoms with van der Waals surface area (Å²) in [6.07, 6.45) is 3.82. The summed E-state index contributed by atoms with van der Waals surface area (Å²) >= 11 is 0. The minimum Gasteiger partial charge on any atom is -0.495 e. The van der Waals surface area contributed by atoms with Crippen molar-refractivity contribution in [2.75, 3.05) is 19.6 Å². The third-order valence-electron chi connectivity index (χ3n) is 8.36. The van der Waals surface area contributed by atoms with Crippen LogP contribution >= 0.6 is 0 Å². The number of carbonyl (C=O) groups is 1. The van der Waals surface area contributed by atoms with Gasteiger partial charge in [-0.25, -0.2) is 0 Å². The van der Waals surface area contributed by atoms with Gasteiger partial charge < -0.3 is 14.2 Å². The normalized spacial score (nSPS) is 23.4. The zero-order valence-corrected chi connectivity index (χ0v) is 21.0. The lowest BCUT2D eigenvalue weighted by Crippen LogP contribution is -2.62. The Kier molecular flexibility index (Phi) is 6.31. The SMILES string of the molecule is CC1=C(OC(C)C)CCC(C(=O)N2CCC3(CC2)c2ccc(C(F)(F)F)n2CCN3C2CCC2)=C1. The van der Waals surface area contributed by atoms with Crippen LogP contribution in [-0.2, 0) is 27.8 Å². The van der Waals surface area contributed by atoms with Crippen molar-refractivity contribution < 1.29 is 22.7 Å². The Morgan fingerprint density at radius 3 is 2.37 bits per heavy atom. The van der Waals surface area contributed by atoms with E-state index in [1.165, 1.54) is 17.1 Å². The summed E-state index contributed by atoms with van der Waals surface area (Å²) in [7, 11) is 0. The highest BCUT2D eigenvalue weighted by atomic mass is 19.4. The van der Waals surface area contributed by atoms with E-state index in [4.69, 9.17) is 4.74 Å². The van der Waals surface area contributed by atoms with Gasteiger partial charge in [-0.05, 0) is 76.7 Å². The molecule has 0 radical (unpaired) electrons. The summed E-state index contributed by atoms with van der Waals surface area (Å²) in [4.78, 5) is 17.8. The highest BCUT2D eigenvalue weighted by molar-refractivity contribution is 5.94. The molecule has 2 fully saturated rings. The number of ether oxygens (including phenoxy) is 1. The Morgan fingerprint density at radius 2 is 1.80 bits per heavy atom. The van der Waals surface area contributed by atoms with Crippen molar-refractivity contribution in [1.29, 1.82) is 0 Å². The van der Waals surface area contributed by atoms with E-state index < -0.39 is 17.4 Å². The fourth-order valence-electron chi connectivity index (χ4n) is 6.45. The molecule has 0 unspecified atom stereocenters. The number of rotatable bonds is 4. The van der Waals surface area contributed by atoms with Crippen molar-refractivity contribution in [2.24, 2.45) is 0 Å². The average Bonchev–Trinajstić information content (AvgIpc) is 3.22. The molecule has 1 aromatic rings. The summed E-state index contributed by atoms with van der Waals surface area (Å²) in [5.74, 6) is 1.01. The topological polar surface area (TPSA) is 37.7 Å². The minimum atomic E-state index is -4.36. The number of fused-ring (bicyclic) bond motifs is 2. The zero-order valence-electron chi connectivity index (χ0n) is 21.0. The third kappa shape index (κ3) is 4.32. The fraction of sp³-hybridized carbons (Fsp3) is 0.667. The Labute approximate surface area is 205 Å². The van der Waals surface area contributed by atoms with Gasteiger partial charge in [0.2, 0.25) is 5.91 Å². The molecule has 0 atom stereocenters. The number of aromatic nitrogens is 1. The van der Waals surface area contributed by atoms with Gasteiger partial charge in [-0.3, -0.25) is 9.69 Å². The van der Waals surface area contributed by atoms with Gasteiger partial charge in [-0.2, -0.15) is 13.2 Å². The van der Waals surface area contributed by atoms with Gasteiger partial charge in [-0.1, -0.05) is 6.42 Å². The molecule has 1 amide bonds. The van der Waals surface area contributed by atoms with Crippen molar-refractivity contribution in [3.05, 3.63) is 46.5 Å². The number of amides is 1. The maximum Gasteiger partial charge on any atom is 0.431 e. The number of likely N-dealkylation sites (tertiary alicyclic amines) is 1. The highest BCUT2D eigenvalue weighted by Gasteiger charge is 2.51. The second-order valence-electron chi connectivity index (χ2n) is 10.8. The fourth-order valence-corrected chi connectivity index (χ4v) is 6.45. The van der Waals surface area contributed by atoms with Crippen molar-refractivity contribution >= 4 is 5.91 Å². The minimum absolute atomic E-state index is 0.0557. The maximum absolute atomic E-state index is 13.7. The highest BCUT2D eigenvalue weighted by Crippen LogP contribution is 2.48. The lowest BCUT2D eigenvalue weighted by atomic mass is 9.77. The molecule has 3 heterocycles. The molecule has 8 heteroatoms. The number of halogens is 3. The van der Waals surface area contributed by atoms with E-state index >= 15 is 0 Å². The van der Waals surface area contributed by atoms with E-state index in [9.17, 15) is 18.0 Å². The van der Waals surface area contributed by atoms with Crippen LogP contribution in [0.25, 0.3) is 0 Å². The van der Waals surface area contributed by atoms with Gasteiger partial charge in [0.1, 0.15) is 5.69 Å². The molecular formula is C27H36F3N3O2. The van der Waals surface area contributed by atoms with Gasteiger partial charge in [-0.15, -0.1) is 0 Å². The van der Waals surface area contributed by atoms with Gasteiger partial charge in [0.25, 0.3) is 0 Å². The first-order valence-electron chi connectivity index (χ1n) is 13.0. The number of allylic oxidation sites excluding steroid dienone is 3. The first-order chi connectivity index (χ1) is 16.6. The smallest absolute Gasteiger partial charge is 0.431 e. The molecule has 2 aliphatic heterocycles. The molecule has 1 saturated carbocycles. The first kappa shape index (κ1) is 24.5. The van der Waals surface area contributed by atoms with Crippen LogP contribution in [0.2, 0.25) is 0 Å². The number of nitrogens with zero attached hydrogens (tertiary/aromatic N) is 3. The molecule has 4 aliphatic rings. The quantitative estimate of drug-likeness (QED) is 0.549. The van der Waals surface area contributed by atoms with Gasteiger partial charge in [0.05, 0.1) is 17.4 Å². The Hall–Kier alpha value is -2.22. The van der Waals surface area contributed by atoms with Crippen LogP contribution in [0, 0.1) is 0 Å². The number of carbonyl (C=O) groups excluding carboxylic acids is 1. The number of hydrogen-bond acceptors (Lipinski definition) is 3. The van der Waals surface area contributed by atoms with Crippen LogP contribution in [0.4, 0.5) is 13.2 Å². The van der Waals surface area contributed by atoms with E-state index in [1.807, 2.05) is 31.7 Å². The largest absolute Gasteiger partial charge is 0.495 e. The van der Waals surface area contributed by atoms with Crippen LogP contribution in [0.1, 0.15) is 77.1 Å². The van der Waals surface area contributed by atoms with E-state index in [-0.39, 0.29) is 12.0 Å². The number of alkyl halides is 3. The van der Waals surface area contributed by atoms with Crippen molar-refractivity contribution in [1.82, 2.24) is 14.4 Å². The standard InChI is InChI=1S/C27H36F3N3O2/c1-18(2)35-22-8-7-20(17-19(22)3)25(34)31-13-11-26(12-14-31)23-9-10-24(27(28,29)30)32(23)15-16-33(26)21-5-4-6-21/h9-10,17-18,21H,4-8,11-16H2,1-3H3. The van der Waals surface area contributed by atoms with E-state index in [1.54, 1.807) is 6.07 Å². The van der Waals surface area contributed by atoms with Crippen LogP contribution in [0.3, 0.4) is 0 Å². The molecule has 2 aliphatic carbocycles.